The molecule has 0 aliphatic rings. The number of hydrogen-bond donors (Lipinski definition) is 0. The zero-order valence-electron chi connectivity index (χ0n) is 10.1. The Hall–Kier alpha value is -1.21. The normalized spacial score (nSPS) is 10.5. The summed E-state index contributed by atoms with van der Waals surface area (Å²) >= 11 is 7.77. The van der Waals surface area contributed by atoms with E-state index in [2.05, 4.69) is 4.98 Å². The van der Waals surface area contributed by atoms with E-state index in [0.717, 1.165) is 0 Å². The van der Waals surface area contributed by atoms with Gasteiger partial charge in [-0.1, -0.05) is 23.7 Å². The predicted molar refractivity (Wildman–Crippen MR) is 81.7 cm³/mol. The molecule has 0 radical (unpaired) electrons. The first-order valence-electron chi connectivity index (χ1n) is 5.49. The molecule has 0 saturated heterocycles. The van der Waals surface area contributed by atoms with Gasteiger partial charge in [0, 0.05) is 10.6 Å². The van der Waals surface area contributed by atoms with Crippen molar-refractivity contribution in [1.82, 2.24) is 9.55 Å². The first kappa shape index (κ1) is 14.2. The highest BCUT2D eigenvalue weighted by Crippen LogP contribution is 2.11. The van der Waals surface area contributed by atoms with Gasteiger partial charge in [0.15, 0.2) is 5.78 Å². The summed E-state index contributed by atoms with van der Waals surface area (Å²) in [6.45, 7) is 1.72. The van der Waals surface area contributed by atoms with Crippen molar-refractivity contribution >= 4 is 40.0 Å². The fraction of sp³-hybridized carbons (Fsp3) is 0.154. The topological polar surface area (TPSA) is 52.0 Å². The molecule has 2 aromatic rings. The Morgan fingerprint density at radius 2 is 2.21 bits per heavy atom. The summed E-state index contributed by atoms with van der Waals surface area (Å²) in [6, 6.07) is 6.66. The molecule has 0 unspecified atom stereocenters. The maximum atomic E-state index is 12.1. The van der Waals surface area contributed by atoms with Gasteiger partial charge in [-0.3, -0.25) is 14.2 Å². The third-order valence-electron chi connectivity index (χ3n) is 2.62. The van der Waals surface area contributed by atoms with Crippen molar-refractivity contribution in [2.24, 2.45) is 0 Å². The van der Waals surface area contributed by atoms with E-state index in [1.54, 1.807) is 31.2 Å². The van der Waals surface area contributed by atoms with Gasteiger partial charge in [0.1, 0.15) is 0 Å². The Morgan fingerprint density at radius 1 is 1.47 bits per heavy atom. The van der Waals surface area contributed by atoms with Crippen molar-refractivity contribution < 1.29 is 4.79 Å². The zero-order valence-corrected chi connectivity index (χ0v) is 13.0. The van der Waals surface area contributed by atoms with E-state index in [1.165, 1.54) is 10.9 Å². The molecule has 4 nitrogen and oxygen atoms in total. The van der Waals surface area contributed by atoms with Crippen LogP contribution in [-0.2, 0) is 6.54 Å². The summed E-state index contributed by atoms with van der Waals surface area (Å²) in [5.74, 6) is -0.175. The van der Waals surface area contributed by atoms with Gasteiger partial charge >= 0.3 is 0 Å². The number of rotatable bonds is 3. The molecule has 0 saturated carbocycles. The average Bonchev–Trinajstić information content (AvgIpc) is 2.39. The SMILES string of the molecule is Cc1ncn(CC(=O)c2cccc(Cl)c2)c(=O)c1I. The lowest BCUT2D eigenvalue weighted by atomic mass is 10.1. The van der Waals surface area contributed by atoms with Gasteiger partial charge in [-0.25, -0.2) is 4.98 Å². The minimum Gasteiger partial charge on any atom is -0.292 e. The second-order valence-corrected chi connectivity index (χ2v) is 5.53. The summed E-state index contributed by atoms with van der Waals surface area (Å²) in [7, 11) is 0. The summed E-state index contributed by atoms with van der Waals surface area (Å²) in [5, 5.41) is 0.495. The second-order valence-electron chi connectivity index (χ2n) is 4.01. The monoisotopic (exact) mass is 388 g/mol. The quantitative estimate of drug-likeness (QED) is 0.600. The maximum absolute atomic E-state index is 12.1. The summed E-state index contributed by atoms with van der Waals surface area (Å²) in [4.78, 5) is 28.1. The zero-order chi connectivity index (χ0) is 14.0. The maximum Gasteiger partial charge on any atom is 0.267 e. The van der Waals surface area contributed by atoms with Crippen molar-refractivity contribution in [3.05, 3.63) is 60.8 Å². The molecule has 1 aromatic carbocycles. The van der Waals surface area contributed by atoms with Crippen LogP contribution in [-0.4, -0.2) is 15.3 Å². The van der Waals surface area contributed by atoms with Crippen LogP contribution in [0.2, 0.25) is 5.02 Å². The highest BCUT2D eigenvalue weighted by atomic mass is 127. The Labute approximate surface area is 128 Å². The number of Topliss-reactive ketones (excluding diaryl/α,β-unsaturated/α-hetero) is 1. The standard InChI is InChI=1S/C13H10ClIN2O2/c1-8-12(15)13(19)17(7-16-8)6-11(18)9-3-2-4-10(14)5-9/h2-5,7H,6H2,1H3. The molecule has 0 N–H and O–H groups in total. The lowest BCUT2D eigenvalue weighted by molar-refractivity contribution is 0.0970. The Bertz CT molecular complexity index is 697. The smallest absolute Gasteiger partial charge is 0.267 e. The molecular formula is C13H10ClIN2O2. The molecule has 0 bridgehead atoms. The van der Waals surface area contributed by atoms with Crippen molar-refractivity contribution in [2.45, 2.75) is 13.5 Å². The Kier molecular flexibility index (Phi) is 4.36. The van der Waals surface area contributed by atoms with Crippen LogP contribution in [0.4, 0.5) is 0 Å². The highest BCUT2D eigenvalue weighted by molar-refractivity contribution is 14.1. The van der Waals surface area contributed by atoms with Gasteiger partial charge in [-0.05, 0) is 41.6 Å². The van der Waals surface area contributed by atoms with Gasteiger partial charge in [-0.15, -0.1) is 0 Å². The van der Waals surface area contributed by atoms with Gasteiger partial charge in [0.05, 0.1) is 22.1 Å². The van der Waals surface area contributed by atoms with E-state index >= 15 is 0 Å². The van der Waals surface area contributed by atoms with Crippen molar-refractivity contribution in [3.8, 4) is 0 Å². The van der Waals surface area contributed by atoms with E-state index < -0.39 is 0 Å². The molecule has 0 aliphatic heterocycles. The van der Waals surface area contributed by atoms with E-state index in [0.29, 0.717) is 19.9 Å². The second kappa shape index (κ2) is 5.83. The summed E-state index contributed by atoms with van der Waals surface area (Å²) in [6.07, 6.45) is 1.39. The van der Waals surface area contributed by atoms with Crippen molar-refractivity contribution in [2.75, 3.05) is 0 Å². The summed E-state index contributed by atoms with van der Waals surface area (Å²) < 4.78 is 1.83. The van der Waals surface area contributed by atoms with Crippen LogP contribution in [0.5, 0.6) is 0 Å². The fourth-order valence-electron chi connectivity index (χ4n) is 1.57. The van der Waals surface area contributed by atoms with Crippen LogP contribution >= 0.6 is 34.2 Å². The number of hydrogen-bond acceptors (Lipinski definition) is 3. The van der Waals surface area contributed by atoms with Crippen LogP contribution in [0.3, 0.4) is 0 Å². The molecule has 19 heavy (non-hydrogen) atoms. The number of benzene rings is 1. The molecule has 0 aliphatic carbocycles. The minimum absolute atomic E-state index is 0.0392. The van der Waals surface area contributed by atoms with Crippen LogP contribution in [0, 0.1) is 10.5 Å². The molecule has 0 amide bonds. The summed E-state index contributed by atoms with van der Waals surface area (Å²) in [5.41, 5.74) is 0.940. The first-order valence-corrected chi connectivity index (χ1v) is 6.95. The first-order chi connectivity index (χ1) is 8.99. The van der Waals surface area contributed by atoms with Crippen molar-refractivity contribution in [1.29, 1.82) is 0 Å². The third kappa shape index (κ3) is 3.22. The number of nitrogens with zero attached hydrogens (tertiary/aromatic N) is 2. The Morgan fingerprint density at radius 3 is 2.89 bits per heavy atom. The largest absolute Gasteiger partial charge is 0.292 e. The molecule has 1 aromatic heterocycles. The lowest BCUT2D eigenvalue weighted by Gasteiger charge is -2.06. The predicted octanol–water partition coefficient (Wildman–Crippen LogP) is 2.69. The molecule has 0 fully saturated rings. The van der Waals surface area contributed by atoms with E-state index in [9.17, 15) is 9.59 Å². The van der Waals surface area contributed by atoms with Gasteiger partial charge in [-0.2, -0.15) is 0 Å². The molecule has 6 heteroatoms. The number of halogens is 2. The van der Waals surface area contributed by atoms with Crippen LogP contribution in [0.1, 0.15) is 16.1 Å². The van der Waals surface area contributed by atoms with Crippen LogP contribution in [0.25, 0.3) is 0 Å². The molecule has 0 atom stereocenters. The molecule has 2 rings (SSSR count). The third-order valence-corrected chi connectivity index (χ3v) is 4.09. The number of aromatic nitrogens is 2. The van der Waals surface area contributed by atoms with Gasteiger partial charge in [0.2, 0.25) is 0 Å². The molecule has 0 spiro atoms. The van der Waals surface area contributed by atoms with Crippen LogP contribution < -0.4 is 5.56 Å². The van der Waals surface area contributed by atoms with Gasteiger partial charge in [0.25, 0.3) is 5.56 Å². The van der Waals surface area contributed by atoms with Gasteiger partial charge < -0.3 is 0 Å². The lowest BCUT2D eigenvalue weighted by Crippen LogP contribution is -2.27. The molecule has 1 heterocycles. The number of aryl methyl sites for hydroxylation is 1. The van der Waals surface area contributed by atoms with E-state index in [-0.39, 0.29) is 17.9 Å². The number of ketones is 1. The molecule has 98 valence electrons. The van der Waals surface area contributed by atoms with E-state index in [1.807, 2.05) is 22.6 Å². The Balaban J connectivity index is 2.30. The average molecular weight is 389 g/mol. The molecular weight excluding hydrogens is 379 g/mol. The van der Waals surface area contributed by atoms with Crippen molar-refractivity contribution in [3.63, 3.8) is 0 Å². The number of carbonyl (C=O) groups is 1. The van der Waals surface area contributed by atoms with Crippen LogP contribution in [0.15, 0.2) is 35.4 Å². The van der Waals surface area contributed by atoms with E-state index in [4.69, 9.17) is 11.6 Å². The number of carbonyl (C=O) groups excluding carboxylic acids is 1. The highest BCUT2D eigenvalue weighted by Gasteiger charge is 2.11. The fourth-order valence-corrected chi connectivity index (χ4v) is 2.21. The minimum atomic E-state index is -0.205.